The maximum absolute atomic E-state index is 13.0. The maximum Gasteiger partial charge on any atom is 0.317 e. The van der Waals surface area contributed by atoms with Crippen LogP contribution in [0, 0.1) is 16.2 Å². The molecule has 4 heteroatoms. The van der Waals surface area contributed by atoms with Crippen molar-refractivity contribution in [3.63, 3.8) is 0 Å². The molecule has 0 aliphatic carbocycles. The molecule has 0 aromatic heterocycles. The average molecular weight is 324 g/mol. The standard InChI is InChI=1S/C19H32O4/c1-10-18(7,8)19(9,11-17(4,5)6)16(21)23-15-13(3)22-12(2)14(15)20/h12H,10-11H2,1-9H3. The number of carbonyl (C=O) groups is 2. The molecule has 0 bridgehead atoms. The molecule has 0 spiro atoms. The van der Waals surface area contributed by atoms with E-state index < -0.39 is 11.5 Å². The van der Waals surface area contributed by atoms with Crippen LogP contribution in [0.5, 0.6) is 0 Å². The summed E-state index contributed by atoms with van der Waals surface area (Å²) in [5.74, 6) is -0.152. The van der Waals surface area contributed by atoms with Crippen molar-refractivity contribution in [1.29, 1.82) is 0 Å². The van der Waals surface area contributed by atoms with Gasteiger partial charge in [0.25, 0.3) is 0 Å². The molecule has 0 aromatic carbocycles. The molecular formula is C19H32O4. The smallest absolute Gasteiger partial charge is 0.317 e. The van der Waals surface area contributed by atoms with Crippen LogP contribution in [0.2, 0.25) is 0 Å². The Balaban J connectivity index is 3.16. The first-order valence-corrected chi connectivity index (χ1v) is 8.39. The van der Waals surface area contributed by atoms with Crippen LogP contribution in [-0.2, 0) is 19.1 Å². The van der Waals surface area contributed by atoms with Gasteiger partial charge in [0.15, 0.2) is 6.10 Å². The van der Waals surface area contributed by atoms with Gasteiger partial charge in [0.05, 0.1) is 5.41 Å². The molecule has 0 N–H and O–H groups in total. The summed E-state index contributed by atoms with van der Waals surface area (Å²) in [7, 11) is 0. The lowest BCUT2D eigenvalue weighted by atomic mass is 9.59. The highest BCUT2D eigenvalue weighted by atomic mass is 16.6. The van der Waals surface area contributed by atoms with E-state index in [0.717, 1.165) is 6.42 Å². The molecule has 4 nitrogen and oxygen atoms in total. The van der Waals surface area contributed by atoms with Gasteiger partial charge in [-0.1, -0.05) is 41.5 Å². The van der Waals surface area contributed by atoms with Crippen molar-refractivity contribution in [2.24, 2.45) is 16.2 Å². The van der Waals surface area contributed by atoms with Crippen LogP contribution in [0.15, 0.2) is 11.5 Å². The largest absolute Gasteiger partial charge is 0.483 e. The Hall–Kier alpha value is -1.32. The molecule has 0 aromatic rings. The summed E-state index contributed by atoms with van der Waals surface area (Å²) in [6.07, 6.45) is 0.940. The molecule has 1 aliphatic heterocycles. The van der Waals surface area contributed by atoms with Crippen LogP contribution >= 0.6 is 0 Å². The number of rotatable bonds is 5. The molecule has 0 amide bonds. The number of allylic oxidation sites excluding steroid dienone is 1. The fourth-order valence-electron chi connectivity index (χ4n) is 3.10. The van der Waals surface area contributed by atoms with Crippen LogP contribution in [0.3, 0.4) is 0 Å². The normalized spacial score (nSPS) is 22.0. The molecule has 0 saturated heterocycles. The Kier molecular flexibility index (Phi) is 5.40. The van der Waals surface area contributed by atoms with E-state index >= 15 is 0 Å². The third kappa shape index (κ3) is 3.96. The summed E-state index contributed by atoms with van der Waals surface area (Å²) in [4.78, 5) is 25.2. The summed E-state index contributed by atoms with van der Waals surface area (Å²) in [6.45, 7) is 17.8. The first-order valence-electron chi connectivity index (χ1n) is 8.39. The van der Waals surface area contributed by atoms with Crippen molar-refractivity contribution in [3.8, 4) is 0 Å². The fraction of sp³-hybridized carbons (Fsp3) is 0.789. The van der Waals surface area contributed by atoms with Gasteiger partial charge < -0.3 is 9.47 Å². The molecule has 1 heterocycles. The second kappa shape index (κ2) is 6.29. The second-order valence-corrected chi connectivity index (χ2v) is 8.71. The van der Waals surface area contributed by atoms with Crippen molar-refractivity contribution < 1.29 is 19.1 Å². The predicted octanol–water partition coefficient (Wildman–Crippen LogP) is 4.63. The maximum atomic E-state index is 13.0. The SMILES string of the molecule is CCC(C)(C)C(C)(CC(C)(C)C)C(=O)OC1=C(C)OC(C)C1=O. The minimum Gasteiger partial charge on any atom is -0.483 e. The number of ether oxygens (including phenoxy) is 2. The van der Waals surface area contributed by atoms with E-state index in [1.807, 2.05) is 6.92 Å². The zero-order valence-electron chi connectivity index (χ0n) is 16.1. The highest BCUT2D eigenvalue weighted by molar-refractivity contribution is 6.01. The summed E-state index contributed by atoms with van der Waals surface area (Å²) in [5, 5.41) is 0. The zero-order chi connectivity index (χ0) is 18.2. The third-order valence-corrected chi connectivity index (χ3v) is 5.17. The number of ketones is 1. The fourth-order valence-corrected chi connectivity index (χ4v) is 3.10. The Morgan fingerprint density at radius 1 is 1.17 bits per heavy atom. The average Bonchev–Trinajstić information content (AvgIpc) is 2.63. The molecular weight excluding hydrogens is 292 g/mol. The second-order valence-electron chi connectivity index (χ2n) is 8.71. The monoisotopic (exact) mass is 324 g/mol. The van der Waals surface area contributed by atoms with Crippen LogP contribution in [0.1, 0.15) is 75.2 Å². The number of hydrogen-bond donors (Lipinski definition) is 0. The molecule has 0 fully saturated rings. The molecule has 2 unspecified atom stereocenters. The van der Waals surface area contributed by atoms with Gasteiger partial charge in [0.1, 0.15) is 5.76 Å². The minimum absolute atomic E-state index is 0.0346. The van der Waals surface area contributed by atoms with E-state index in [9.17, 15) is 9.59 Å². The van der Waals surface area contributed by atoms with Gasteiger partial charge in [-0.2, -0.15) is 0 Å². The Morgan fingerprint density at radius 2 is 1.70 bits per heavy atom. The van der Waals surface area contributed by atoms with Gasteiger partial charge in [-0.3, -0.25) is 9.59 Å². The van der Waals surface area contributed by atoms with E-state index in [0.29, 0.717) is 12.2 Å². The Bertz CT molecular complexity index is 522. The van der Waals surface area contributed by atoms with Gasteiger partial charge in [0, 0.05) is 0 Å². The predicted molar refractivity (Wildman–Crippen MR) is 90.6 cm³/mol. The quantitative estimate of drug-likeness (QED) is 0.692. The van der Waals surface area contributed by atoms with Crippen LogP contribution in [0.4, 0.5) is 0 Å². The first-order chi connectivity index (χ1) is 10.2. The van der Waals surface area contributed by atoms with Gasteiger partial charge in [0.2, 0.25) is 11.5 Å². The van der Waals surface area contributed by atoms with E-state index in [-0.39, 0.29) is 28.3 Å². The summed E-state index contributed by atoms with van der Waals surface area (Å²) >= 11 is 0. The number of hydrogen-bond acceptors (Lipinski definition) is 4. The van der Waals surface area contributed by atoms with Crippen molar-refractivity contribution in [2.75, 3.05) is 0 Å². The Morgan fingerprint density at radius 3 is 2.04 bits per heavy atom. The minimum atomic E-state index is -0.695. The van der Waals surface area contributed by atoms with Gasteiger partial charge in [-0.25, -0.2) is 0 Å². The molecule has 0 saturated carbocycles. The van der Waals surface area contributed by atoms with Crippen molar-refractivity contribution in [1.82, 2.24) is 0 Å². The highest BCUT2D eigenvalue weighted by Crippen LogP contribution is 2.50. The lowest BCUT2D eigenvalue weighted by molar-refractivity contribution is -0.162. The van der Waals surface area contributed by atoms with Gasteiger partial charge in [-0.05, 0) is 44.4 Å². The first kappa shape index (κ1) is 19.7. The van der Waals surface area contributed by atoms with Crippen LogP contribution in [-0.4, -0.2) is 17.9 Å². The number of esters is 1. The number of carbonyl (C=O) groups excluding carboxylic acids is 2. The van der Waals surface area contributed by atoms with E-state index in [1.54, 1.807) is 13.8 Å². The van der Waals surface area contributed by atoms with Crippen molar-refractivity contribution in [2.45, 2.75) is 81.3 Å². The van der Waals surface area contributed by atoms with Crippen LogP contribution < -0.4 is 0 Å². The topological polar surface area (TPSA) is 52.6 Å². The number of Topliss-reactive ketones (excluding diaryl/α,β-unsaturated/α-hetero) is 1. The molecule has 1 rings (SSSR count). The lowest BCUT2D eigenvalue weighted by Crippen LogP contribution is -2.45. The lowest BCUT2D eigenvalue weighted by Gasteiger charge is -2.45. The van der Waals surface area contributed by atoms with E-state index in [2.05, 4.69) is 41.5 Å². The van der Waals surface area contributed by atoms with E-state index in [4.69, 9.17) is 9.47 Å². The van der Waals surface area contributed by atoms with Crippen LogP contribution in [0.25, 0.3) is 0 Å². The summed E-state index contributed by atoms with van der Waals surface area (Å²) in [6, 6.07) is 0. The summed E-state index contributed by atoms with van der Waals surface area (Å²) in [5.41, 5.74) is -0.980. The zero-order valence-corrected chi connectivity index (χ0v) is 16.1. The third-order valence-electron chi connectivity index (χ3n) is 5.17. The molecule has 132 valence electrons. The van der Waals surface area contributed by atoms with Gasteiger partial charge in [-0.15, -0.1) is 0 Å². The van der Waals surface area contributed by atoms with Crippen molar-refractivity contribution >= 4 is 11.8 Å². The highest BCUT2D eigenvalue weighted by Gasteiger charge is 2.50. The molecule has 0 radical (unpaired) electrons. The summed E-state index contributed by atoms with van der Waals surface area (Å²) < 4.78 is 10.9. The van der Waals surface area contributed by atoms with Crippen molar-refractivity contribution in [3.05, 3.63) is 11.5 Å². The molecule has 1 aliphatic rings. The molecule has 23 heavy (non-hydrogen) atoms. The van der Waals surface area contributed by atoms with Gasteiger partial charge >= 0.3 is 5.97 Å². The van der Waals surface area contributed by atoms with E-state index in [1.165, 1.54) is 0 Å². The Labute approximate surface area is 140 Å². The molecule has 2 atom stereocenters.